The van der Waals surface area contributed by atoms with Gasteiger partial charge in [0.2, 0.25) is 5.91 Å². The van der Waals surface area contributed by atoms with Gasteiger partial charge in [0.05, 0.1) is 23.7 Å². The predicted molar refractivity (Wildman–Crippen MR) is 151 cm³/mol. The second kappa shape index (κ2) is 10.7. The van der Waals surface area contributed by atoms with E-state index in [1.807, 2.05) is 55.5 Å². The minimum atomic E-state index is -1.05. The van der Waals surface area contributed by atoms with E-state index in [9.17, 15) is 9.59 Å². The molecule has 4 aromatic rings. The fraction of sp³-hybridized carbons (Fsp3) is 0.172. The third kappa shape index (κ3) is 5.12. The Morgan fingerprint density at radius 1 is 0.947 bits per heavy atom. The number of halogens is 3. The molecule has 0 aliphatic carbocycles. The highest BCUT2D eigenvalue weighted by Gasteiger charge is 2.36. The first-order valence-electron chi connectivity index (χ1n) is 11.9. The molecular weight excluding hydrogens is 545 g/mol. The van der Waals surface area contributed by atoms with Crippen LogP contribution in [-0.4, -0.2) is 32.7 Å². The summed E-state index contributed by atoms with van der Waals surface area (Å²) >= 11 is 18.9. The van der Waals surface area contributed by atoms with E-state index in [0.29, 0.717) is 32.8 Å². The number of carboxylic acids is 1. The third-order valence-corrected chi connectivity index (χ3v) is 7.35. The second-order valence-corrected chi connectivity index (χ2v) is 10.3. The number of hydrazone groups is 1. The van der Waals surface area contributed by atoms with Crippen molar-refractivity contribution in [2.45, 2.75) is 32.2 Å². The summed E-state index contributed by atoms with van der Waals surface area (Å²) in [6.07, 6.45) is -0.123. The van der Waals surface area contributed by atoms with Crippen LogP contribution in [0.5, 0.6) is 0 Å². The molecule has 1 aliphatic rings. The zero-order valence-electron chi connectivity index (χ0n) is 20.3. The molecule has 0 fully saturated rings. The largest absolute Gasteiger partial charge is 0.481 e. The Balaban J connectivity index is 1.69. The zero-order valence-corrected chi connectivity index (χ0v) is 22.6. The molecule has 9 heteroatoms. The monoisotopic (exact) mass is 565 g/mol. The number of carboxylic acid groups (broad SMARTS) is 1. The molecular formula is C29H22Cl3N3O3. The van der Waals surface area contributed by atoms with E-state index < -0.39 is 17.9 Å². The van der Waals surface area contributed by atoms with Gasteiger partial charge in [-0.05, 0) is 48.4 Å². The fourth-order valence-electron chi connectivity index (χ4n) is 4.84. The first-order chi connectivity index (χ1) is 18.2. The van der Waals surface area contributed by atoms with Crippen LogP contribution in [0.2, 0.25) is 15.1 Å². The number of hydrogen-bond acceptors (Lipinski definition) is 4. The van der Waals surface area contributed by atoms with Gasteiger partial charge in [-0.15, -0.1) is 0 Å². The van der Waals surface area contributed by atoms with Gasteiger partial charge in [-0.1, -0.05) is 71.2 Å². The molecule has 1 aliphatic heterocycles. The molecule has 0 unspecified atom stereocenters. The Hall–Kier alpha value is -3.45. The predicted octanol–water partition coefficient (Wildman–Crippen LogP) is 7.71. The Kier molecular flexibility index (Phi) is 7.39. The molecule has 0 bridgehead atoms. The molecule has 3 aromatic carbocycles. The molecule has 5 rings (SSSR count). The first kappa shape index (κ1) is 26.2. The topological polar surface area (TPSA) is 82.9 Å². The maximum Gasteiger partial charge on any atom is 0.303 e. The molecule has 1 atom stereocenters. The van der Waals surface area contributed by atoms with Gasteiger partial charge in [-0.25, -0.2) is 5.01 Å². The van der Waals surface area contributed by atoms with Gasteiger partial charge in [-0.3, -0.25) is 14.6 Å². The minimum Gasteiger partial charge on any atom is -0.481 e. The Morgan fingerprint density at radius 3 is 2.37 bits per heavy atom. The zero-order chi connectivity index (χ0) is 27.0. The van der Waals surface area contributed by atoms with Crippen molar-refractivity contribution in [1.29, 1.82) is 0 Å². The number of hydrogen-bond donors (Lipinski definition) is 1. The van der Waals surface area contributed by atoms with Crippen LogP contribution in [0.3, 0.4) is 0 Å². The molecule has 2 heterocycles. The van der Waals surface area contributed by atoms with Crippen LogP contribution in [0.1, 0.15) is 42.1 Å². The van der Waals surface area contributed by atoms with Gasteiger partial charge < -0.3 is 5.11 Å². The summed E-state index contributed by atoms with van der Waals surface area (Å²) in [6.45, 7) is 1.92. The van der Waals surface area contributed by atoms with Crippen molar-refractivity contribution in [3.8, 4) is 11.1 Å². The van der Waals surface area contributed by atoms with E-state index in [1.54, 1.807) is 18.2 Å². The number of carbonyl (C=O) groups is 2. The lowest BCUT2D eigenvalue weighted by molar-refractivity contribution is -0.141. The number of nitrogens with zero attached hydrogens (tertiary/aromatic N) is 3. The van der Waals surface area contributed by atoms with Crippen molar-refractivity contribution in [3.05, 3.63) is 98.6 Å². The van der Waals surface area contributed by atoms with Crippen LogP contribution >= 0.6 is 34.8 Å². The Morgan fingerprint density at radius 2 is 1.66 bits per heavy atom. The molecule has 1 amide bonds. The summed E-state index contributed by atoms with van der Waals surface area (Å²) in [7, 11) is 0. The summed E-state index contributed by atoms with van der Waals surface area (Å²) in [6, 6.07) is 20.0. The number of carbonyl (C=O) groups excluding carboxylic acids is 1. The van der Waals surface area contributed by atoms with Crippen LogP contribution in [0.4, 0.5) is 0 Å². The van der Waals surface area contributed by atoms with Gasteiger partial charge in [-0.2, -0.15) is 5.10 Å². The Labute approximate surface area is 234 Å². The number of amides is 1. The van der Waals surface area contributed by atoms with Crippen LogP contribution in [0.15, 0.2) is 71.8 Å². The summed E-state index contributed by atoms with van der Waals surface area (Å²) in [5, 5.41) is 17.7. The van der Waals surface area contributed by atoms with E-state index in [1.165, 1.54) is 5.01 Å². The third-order valence-electron chi connectivity index (χ3n) is 6.53. The van der Waals surface area contributed by atoms with Crippen molar-refractivity contribution in [2.75, 3.05) is 0 Å². The number of aromatic nitrogens is 1. The van der Waals surface area contributed by atoms with Crippen LogP contribution in [0.25, 0.3) is 22.0 Å². The highest BCUT2D eigenvalue weighted by Crippen LogP contribution is 2.41. The second-order valence-electron chi connectivity index (χ2n) is 9.04. The van der Waals surface area contributed by atoms with Gasteiger partial charge >= 0.3 is 5.97 Å². The molecule has 6 nitrogen and oxygen atoms in total. The number of aryl methyl sites for hydroxylation is 1. The standard InChI is InChI=1S/C29H22Cl3N3O3/c1-16-28(29(17-6-8-18(30)9-7-17)21-4-2-3-5-23(21)33-16)24-15-25(20-11-10-19(31)14-22(20)32)35(34-24)26(36)12-13-27(37)38/h2-11,14,25H,12-13,15H2,1H3,(H,37,38)/t25-/m1/s1. The van der Waals surface area contributed by atoms with Gasteiger partial charge in [0.25, 0.3) is 0 Å². The summed E-state index contributed by atoms with van der Waals surface area (Å²) < 4.78 is 0. The van der Waals surface area contributed by atoms with E-state index in [0.717, 1.165) is 33.3 Å². The van der Waals surface area contributed by atoms with E-state index in [2.05, 4.69) is 0 Å². The number of aliphatic carboxylic acids is 1. The van der Waals surface area contributed by atoms with Gasteiger partial charge in [0.15, 0.2) is 0 Å². The summed E-state index contributed by atoms with van der Waals surface area (Å²) in [5.74, 6) is -1.46. The first-order valence-corrected chi connectivity index (χ1v) is 13.1. The smallest absolute Gasteiger partial charge is 0.303 e. The molecule has 0 saturated carbocycles. The number of benzene rings is 3. The SMILES string of the molecule is Cc1nc2ccccc2c(-c2ccc(Cl)cc2)c1C1=NN(C(=O)CCC(=O)O)[C@@H](c2ccc(Cl)cc2Cl)C1. The number of pyridine rings is 1. The normalized spacial score (nSPS) is 15.1. The molecule has 0 radical (unpaired) electrons. The van der Waals surface area contributed by atoms with E-state index >= 15 is 0 Å². The summed E-state index contributed by atoms with van der Waals surface area (Å²) in [4.78, 5) is 29.3. The van der Waals surface area contributed by atoms with Crippen molar-refractivity contribution < 1.29 is 14.7 Å². The fourth-order valence-corrected chi connectivity index (χ4v) is 5.50. The Bertz CT molecular complexity index is 1600. The maximum atomic E-state index is 13.2. The molecule has 192 valence electrons. The number of rotatable bonds is 6. The van der Waals surface area contributed by atoms with E-state index in [4.69, 9.17) is 50.0 Å². The lowest BCUT2D eigenvalue weighted by Crippen LogP contribution is -2.27. The van der Waals surface area contributed by atoms with E-state index in [-0.39, 0.29) is 12.8 Å². The van der Waals surface area contributed by atoms with Crippen LogP contribution < -0.4 is 0 Å². The van der Waals surface area contributed by atoms with Crippen molar-refractivity contribution in [3.63, 3.8) is 0 Å². The molecule has 0 spiro atoms. The minimum absolute atomic E-state index is 0.188. The lowest BCUT2D eigenvalue weighted by Gasteiger charge is -2.23. The average Bonchev–Trinajstić information content (AvgIpc) is 3.31. The lowest BCUT2D eigenvalue weighted by atomic mass is 9.89. The molecule has 1 aromatic heterocycles. The van der Waals surface area contributed by atoms with Crippen LogP contribution in [0, 0.1) is 6.92 Å². The highest BCUT2D eigenvalue weighted by atomic mass is 35.5. The van der Waals surface area contributed by atoms with Crippen molar-refractivity contribution in [1.82, 2.24) is 9.99 Å². The quantitative estimate of drug-likeness (QED) is 0.259. The highest BCUT2D eigenvalue weighted by molar-refractivity contribution is 6.35. The summed E-state index contributed by atoms with van der Waals surface area (Å²) in [5.41, 5.74) is 5.62. The van der Waals surface area contributed by atoms with Gasteiger partial charge in [0.1, 0.15) is 0 Å². The number of fused-ring (bicyclic) bond motifs is 1. The van der Waals surface area contributed by atoms with Gasteiger partial charge in [0, 0.05) is 50.1 Å². The van der Waals surface area contributed by atoms with Crippen LogP contribution in [-0.2, 0) is 9.59 Å². The molecule has 38 heavy (non-hydrogen) atoms. The molecule has 0 saturated heterocycles. The number of para-hydroxylation sites is 1. The average molecular weight is 567 g/mol. The van der Waals surface area contributed by atoms with Crippen molar-refractivity contribution in [2.24, 2.45) is 5.10 Å². The van der Waals surface area contributed by atoms with Crippen molar-refractivity contribution >= 4 is 63.3 Å². The maximum absolute atomic E-state index is 13.2. The molecule has 1 N–H and O–H groups in total.